The smallest absolute Gasteiger partial charge is 0.217 e. The molecule has 100 valence electrons. The fourth-order valence-corrected chi connectivity index (χ4v) is 1.95. The molecular formula is C14H22N2O2. The lowest BCUT2D eigenvalue weighted by Crippen LogP contribution is -2.23. The highest BCUT2D eigenvalue weighted by molar-refractivity contribution is 5.25. The number of hydrogen-bond acceptors (Lipinski definition) is 4. The predicted octanol–water partition coefficient (Wildman–Crippen LogP) is 2.14. The highest BCUT2D eigenvalue weighted by Crippen LogP contribution is 2.17. The Bertz CT molecular complexity index is 363. The number of pyridine rings is 1. The van der Waals surface area contributed by atoms with Gasteiger partial charge in [0.05, 0.1) is 6.10 Å². The van der Waals surface area contributed by atoms with Gasteiger partial charge in [-0.2, -0.15) is 0 Å². The SMILES string of the molecule is CC(C)NCc1cccnc1OCC1CCCO1. The maximum absolute atomic E-state index is 5.78. The van der Waals surface area contributed by atoms with E-state index in [9.17, 15) is 0 Å². The van der Waals surface area contributed by atoms with Crippen LogP contribution in [0.3, 0.4) is 0 Å². The average Bonchev–Trinajstić information content (AvgIpc) is 2.88. The lowest BCUT2D eigenvalue weighted by atomic mass is 10.2. The highest BCUT2D eigenvalue weighted by Gasteiger charge is 2.17. The molecule has 1 fully saturated rings. The molecule has 4 heteroatoms. The first-order chi connectivity index (χ1) is 8.75. The van der Waals surface area contributed by atoms with Gasteiger partial charge in [0.25, 0.3) is 0 Å². The van der Waals surface area contributed by atoms with Crippen molar-refractivity contribution in [1.29, 1.82) is 0 Å². The van der Waals surface area contributed by atoms with E-state index in [-0.39, 0.29) is 6.10 Å². The Morgan fingerprint density at radius 1 is 1.56 bits per heavy atom. The molecule has 0 spiro atoms. The third-order valence-electron chi connectivity index (χ3n) is 2.98. The number of nitrogens with one attached hydrogen (secondary N) is 1. The van der Waals surface area contributed by atoms with Crippen LogP contribution in [-0.2, 0) is 11.3 Å². The second-order valence-electron chi connectivity index (χ2n) is 4.95. The fourth-order valence-electron chi connectivity index (χ4n) is 1.95. The van der Waals surface area contributed by atoms with Crippen molar-refractivity contribution in [1.82, 2.24) is 10.3 Å². The Hall–Kier alpha value is -1.13. The molecule has 1 atom stereocenters. The highest BCUT2D eigenvalue weighted by atomic mass is 16.5. The van der Waals surface area contributed by atoms with E-state index < -0.39 is 0 Å². The molecule has 2 rings (SSSR count). The summed E-state index contributed by atoms with van der Waals surface area (Å²) in [5, 5.41) is 3.38. The first-order valence-corrected chi connectivity index (χ1v) is 6.67. The summed E-state index contributed by atoms with van der Waals surface area (Å²) in [7, 11) is 0. The van der Waals surface area contributed by atoms with Crippen molar-refractivity contribution >= 4 is 0 Å². The summed E-state index contributed by atoms with van der Waals surface area (Å²) in [6, 6.07) is 4.44. The first kappa shape index (κ1) is 13.3. The van der Waals surface area contributed by atoms with Crippen molar-refractivity contribution in [2.45, 2.75) is 45.4 Å². The summed E-state index contributed by atoms with van der Waals surface area (Å²) < 4.78 is 11.3. The van der Waals surface area contributed by atoms with Crippen LogP contribution in [-0.4, -0.2) is 30.3 Å². The minimum atomic E-state index is 0.234. The van der Waals surface area contributed by atoms with Gasteiger partial charge in [-0.1, -0.05) is 19.9 Å². The fraction of sp³-hybridized carbons (Fsp3) is 0.643. The van der Waals surface area contributed by atoms with Crippen molar-refractivity contribution < 1.29 is 9.47 Å². The van der Waals surface area contributed by atoms with Gasteiger partial charge in [-0.05, 0) is 18.9 Å². The molecule has 18 heavy (non-hydrogen) atoms. The molecule has 1 aromatic rings. The van der Waals surface area contributed by atoms with E-state index in [0.29, 0.717) is 12.6 Å². The van der Waals surface area contributed by atoms with E-state index in [1.54, 1.807) is 6.20 Å². The molecule has 1 unspecified atom stereocenters. The van der Waals surface area contributed by atoms with E-state index in [4.69, 9.17) is 9.47 Å². The van der Waals surface area contributed by atoms with Gasteiger partial charge in [-0.15, -0.1) is 0 Å². The van der Waals surface area contributed by atoms with E-state index in [1.165, 1.54) is 0 Å². The zero-order valence-electron chi connectivity index (χ0n) is 11.2. The van der Waals surface area contributed by atoms with Crippen LogP contribution < -0.4 is 10.1 Å². The summed E-state index contributed by atoms with van der Waals surface area (Å²) in [5.74, 6) is 0.723. The van der Waals surface area contributed by atoms with Crippen LogP contribution in [0.2, 0.25) is 0 Å². The summed E-state index contributed by atoms with van der Waals surface area (Å²) in [4.78, 5) is 4.30. The van der Waals surface area contributed by atoms with Gasteiger partial charge in [-0.25, -0.2) is 4.98 Å². The normalized spacial score (nSPS) is 19.4. The monoisotopic (exact) mass is 250 g/mol. The van der Waals surface area contributed by atoms with E-state index in [1.807, 2.05) is 12.1 Å². The Kier molecular flexibility index (Phi) is 4.96. The molecule has 1 aliphatic rings. The van der Waals surface area contributed by atoms with Gasteiger partial charge in [0.1, 0.15) is 6.61 Å². The van der Waals surface area contributed by atoms with Gasteiger partial charge in [0.2, 0.25) is 5.88 Å². The molecule has 0 aliphatic carbocycles. The molecule has 0 saturated carbocycles. The second kappa shape index (κ2) is 6.71. The summed E-state index contributed by atoms with van der Waals surface area (Å²) >= 11 is 0. The molecular weight excluding hydrogens is 228 g/mol. The Morgan fingerprint density at radius 3 is 3.17 bits per heavy atom. The molecule has 4 nitrogen and oxygen atoms in total. The van der Waals surface area contributed by atoms with Crippen molar-refractivity contribution in [3.63, 3.8) is 0 Å². The number of hydrogen-bond donors (Lipinski definition) is 1. The molecule has 1 aromatic heterocycles. The van der Waals surface area contributed by atoms with Crippen molar-refractivity contribution in [3.05, 3.63) is 23.9 Å². The van der Waals surface area contributed by atoms with Gasteiger partial charge in [0, 0.05) is 31.0 Å². The van der Waals surface area contributed by atoms with E-state index >= 15 is 0 Å². The summed E-state index contributed by atoms with van der Waals surface area (Å²) in [6.07, 6.45) is 4.23. The summed E-state index contributed by atoms with van der Waals surface area (Å²) in [6.45, 7) is 6.50. The predicted molar refractivity (Wildman–Crippen MR) is 70.7 cm³/mol. The van der Waals surface area contributed by atoms with E-state index in [0.717, 1.165) is 37.4 Å². The van der Waals surface area contributed by atoms with Gasteiger partial charge >= 0.3 is 0 Å². The Labute approximate surface area is 109 Å². The average molecular weight is 250 g/mol. The van der Waals surface area contributed by atoms with Crippen LogP contribution in [0.25, 0.3) is 0 Å². The standard InChI is InChI=1S/C14H22N2O2/c1-11(2)16-9-12-5-3-7-15-14(12)18-10-13-6-4-8-17-13/h3,5,7,11,13,16H,4,6,8-10H2,1-2H3. The number of nitrogens with zero attached hydrogens (tertiary/aromatic N) is 1. The molecule has 0 amide bonds. The van der Waals surface area contributed by atoms with Crippen molar-refractivity contribution in [2.75, 3.05) is 13.2 Å². The number of rotatable bonds is 6. The minimum Gasteiger partial charge on any atom is -0.475 e. The summed E-state index contributed by atoms with van der Waals surface area (Å²) in [5.41, 5.74) is 1.10. The number of aromatic nitrogens is 1. The van der Waals surface area contributed by atoms with E-state index in [2.05, 4.69) is 24.1 Å². The zero-order valence-corrected chi connectivity index (χ0v) is 11.2. The molecule has 1 aliphatic heterocycles. The molecule has 0 aromatic carbocycles. The maximum Gasteiger partial charge on any atom is 0.217 e. The van der Waals surface area contributed by atoms with Crippen molar-refractivity contribution in [3.8, 4) is 5.88 Å². The molecule has 0 radical (unpaired) electrons. The van der Waals surface area contributed by atoms with Gasteiger partial charge in [-0.3, -0.25) is 0 Å². The zero-order chi connectivity index (χ0) is 12.8. The Balaban J connectivity index is 1.89. The molecule has 1 saturated heterocycles. The second-order valence-corrected chi connectivity index (χ2v) is 4.95. The topological polar surface area (TPSA) is 43.4 Å². The molecule has 1 N–H and O–H groups in total. The van der Waals surface area contributed by atoms with Crippen LogP contribution in [0.1, 0.15) is 32.3 Å². The largest absolute Gasteiger partial charge is 0.475 e. The molecule has 0 bridgehead atoms. The third kappa shape index (κ3) is 3.96. The lowest BCUT2D eigenvalue weighted by Gasteiger charge is -2.14. The van der Waals surface area contributed by atoms with Crippen LogP contribution in [0.5, 0.6) is 5.88 Å². The van der Waals surface area contributed by atoms with Crippen LogP contribution in [0, 0.1) is 0 Å². The van der Waals surface area contributed by atoms with Crippen LogP contribution in [0.4, 0.5) is 0 Å². The quantitative estimate of drug-likeness (QED) is 0.840. The van der Waals surface area contributed by atoms with Gasteiger partial charge in [0.15, 0.2) is 0 Å². The first-order valence-electron chi connectivity index (χ1n) is 6.67. The third-order valence-corrected chi connectivity index (χ3v) is 2.98. The number of ether oxygens (including phenoxy) is 2. The van der Waals surface area contributed by atoms with Gasteiger partial charge < -0.3 is 14.8 Å². The van der Waals surface area contributed by atoms with Crippen LogP contribution >= 0.6 is 0 Å². The maximum atomic E-state index is 5.78. The lowest BCUT2D eigenvalue weighted by molar-refractivity contribution is 0.0659. The van der Waals surface area contributed by atoms with Crippen LogP contribution in [0.15, 0.2) is 18.3 Å². The Morgan fingerprint density at radius 2 is 2.44 bits per heavy atom. The molecule has 2 heterocycles. The minimum absolute atomic E-state index is 0.234. The van der Waals surface area contributed by atoms with Crippen molar-refractivity contribution in [2.24, 2.45) is 0 Å².